The van der Waals surface area contributed by atoms with Crippen LogP contribution in [0.4, 0.5) is 11.4 Å². The number of hydrogen-bond acceptors (Lipinski definition) is 24. The third kappa shape index (κ3) is 20.3. The van der Waals surface area contributed by atoms with Crippen LogP contribution in [0, 0.1) is 10.1 Å². The van der Waals surface area contributed by atoms with Crippen molar-refractivity contribution in [3.63, 3.8) is 0 Å². The van der Waals surface area contributed by atoms with Crippen molar-refractivity contribution in [2.75, 3.05) is 48.4 Å². The number of aliphatic carboxylic acids is 1. The summed E-state index contributed by atoms with van der Waals surface area (Å²) in [4.78, 5) is 87.8. The van der Waals surface area contributed by atoms with Gasteiger partial charge in [0.15, 0.2) is 81.9 Å². The molecule has 6 N–H and O–H groups in total. The molecule has 2 unspecified atom stereocenters. The minimum atomic E-state index is -0.884. The number of fused-ring (bicyclic) bond motifs is 3. The largest absolute Gasteiger partial charge is 0.504 e. The number of rotatable bonds is 19. The first-order chi connectivity index (χ1) is 42.6. The molecular weight excluding hydrogens is 1170 g/mol. The number of carboxylic acids is 1. The van der Waals surface area contributed by atoms with Gasteiger partial charge in [-0.3, -0.25) is 38.9 Å². The highest BCUT2D eigenvalue weighted by Gasteiger charge is 2.22. The molecule has 478 valence electrons. The van der Waals surface area contributed by atoms with E-state index in [1.165, 1.54) is 86.6 Å². The molecule has 0 aliphatic carbocycles. The molecule has 3 aromatic heterocycles. The lowest BCUT2D eigenvalue weighted by atomic mass is 9.97. The summed E-state index contributed by atoms with van der Waals surface area (Å²) in [6.45, 7) is 11.0. The first-order valence-electron chi connectivity index (χ1n) is 27.1. The number of aromatic nitrogens is 3. The molecule has 0 aliphatic rings. The van der Waals surface area contributed by atoms with Crippen LogP contribution in [-0.2, 0) is 54.5 Å². The summed E-state index contributed by atoms with van der Waals surface area (Å²) in [5.41, 5.74) is 13.5. The number of benzene rings is 6. The van der Waals surface area contributed by atoms with Crippen molar-refractivity contribution in [3.05, 3.63) is 142 Å². The van der Waals surface area contributed by atoms with Crippen LogP contribution >= 0.6 is 0 Å². The smallest absolute Gasteiger partial charge is 0.314 e. The Morgan fingerprint density at radius 2 is 0.844 bits per heavy atom. The highest BCUT2D eigenvalue weighted by Crippen LogP contribution is 2.38. The quantitative estimate of drug-likeness (QED) is 0.0217. The number of nitrogen functional groups attached to an aromatic ring is 1. The number of phenolic OH excluding ortho intramolecular Hbond substituents is 3. The number of carboxylic acid groups (broad SMARTS) is 1. The van der Waals surface area contributed by atoms with E-state index in [2.05, 4.69) is 15.0 Å². The molecule has 9 rings (SSSR count). The number of Topliss-reactive ketones (excluding diaryl/α,β-unsaturated/α-hetero) is 5. The lowest BCUT2D eigenvalue weighted by Crippen LogP contribution is -2.07. The maximum Gasteiger partial charge on any atom is 0.314 e. The van der Waals surface area contributed by atoms with Crippen molar-refractivity contribution >= 4 is 79.6 Å². The van der Waals surface area contributed by atoms with E-state index in [0.717, 1.165) is 22.3 Å². The van der Waals surface area contributed by atoms with E-state index in [1.54, 1.807) is 77.5 Å². The first-order valence-corrected chi connectivity index (χ1v) is 27.1. The number of nitro benzene ring substituents is 1. The molecule has 90 heavy (non-hydrogen) atoms. The van der Waals surface area contributed by atoms with Crippen molar-refractivity contribution in [1.29, 1.82) is 0 Å². The van der Waals surface area contributed by atoms with Crippen LogP contribution in [0.15, 0.2) is 111 Å². The molecule has 26 nitrogen and oxygen atoms in total. The number of carbonyl (C=O) groups is 6. The van der Waals surface area contributed by atoms with Gasteiger partial charge in [-0.05, 0) is 142 Å². The van der Waals surface area contributed by atoms with Crippen molar-refractivity contribution in [1.82, 2.24) is 15.0 Å². The van der Waals surface area contributed by atoms with Gasteiger partial charge in [-0.1, -0.05) is 13.0 Å². The molecular formula is C64H71N5O21. The summed E-state index contributed by atoms with van der Waals surface area (Å²) in [7, 11) is 8.84. The highest BCUT2D eigenvalue weighted by atomic mass is 16.6. The maximum absolute atomic E-state index is 11.3. The van der Waals surface area contributed by atoms with Crippen LogP contribution in [0.5, 0.6) is 51.7 Å². The molecule has 2 atom stereocenters. The Labute approximate surface area is 516 Å². The molecule has 0 fully saturated rings. The fourth-order valence-corrected chi connectivity index (χ4v) is 8.32. The van der Waals surface area contributed by atoms with Gasteiger partial charge < -0.3 is 67.8 Å². The molecule has 3 heterocycles. The Balaban J connectivity index is 0.000000231. The van der Waals surface area contributed by atoms with Crippen molar-refractivity contribution < 1.29 is 95.8 Å². The van der Waals surface area contributed by atoms with Gasteiger partial charge in [0.25, 0.3) is 0 Å². The van der Waals surface area contributed by atoms with Gasteiger partial charge in [-0.25, -0.2) is 15.0 Å². The molecule has 0 saturated heterocycles. The maximum atomic E-state index is 11.3. The van der Waals surface area contributed by atoms with E-state index in [1.807, 2.05) is 25.1 Å². The molecule has 0 amide bonds. The number of ether oxygens (including phenoxy) is 6. The zero-order chi connectivity index (χ0) is 67.1. The SMILES string of the molecule is COc1cc(C(C)C(=O)O)cc2ncoc12.COc1cc(C(C)C(C)=O)cc2ncoc12.COc1cc(CC(C)=O)cc(N)c1O.COc1cc(CC(C)=O)cc([N+](=O)[O-])c1O.COc1cc(CC(C)=O)cc2ncoc12.COc1cc(CC(C)=O)ccc1O. The van der Waals surface area contributed by atoms with Gasteiger partial charge in [-0.2, -0.15) is 0 Å². The van der Waals surface area contributed by atoms with Gasteiger partial charge in [-0.15, -0.1) is 0 Å². The third-order valence-corrected chi connectivity index (χ3v) is 12.9. The fraction of sp³-hybridized carbons (Fsp3) is 0.297. The summed E-state index contributed by atoms with van der Waals surface area (Å²) in [6.07, 6.45) is 5.16. The van der Waals surface area contributed by atoms with Crippen LogP contribution in [0.2, 0.25) is 0 Å². The molecule has 0 saturated carbocycles. The number of ketones is 5. The number of aromatic hydroxyl groups is 3. The van der Waals surface area contributed by atoms with E-state index in [0.29, 0.717) is 92.4 Å². The Bertz CT molecular complexity index is 3900. The van der Waals surface area contributed by atoms with Crippen LogP contribution in [0.1, 0.15) is 93.7 Å². The van der Waals surface area contributed by atoms with Crippen LogP contribution in [0.25, 0.3) is 33.3 Å². The van der Waals surface area contributed by atoms with E-state index in [4.69, 9.17) is 52.5 Å². The lowest BCUT2D eigenvalue weighted by molar-refractivity contribution is -0.386. The van der Waals surface area contributed by atoms with Crippen molar-refractivity contribution in [3.8, 4) is 51.7 Å². The molecule has 26 heteroatoms. The number of hydrogen-bond donors (Lipinski definition) is 5. The van der Waals surface area contributed by atoms with E-state index < -0.39 is 28.2 Å². The minimum absolute atomic E-state index is 0.00884. The molecule has 0 spiro atoms. The topological polar surface area (TPSA) is 386 Å². The van der Waals surface area contributed by atoms with Gasteiger partial charge in [0.2, 0.25) is 5.75 Å². The average Bonchev–Trinajstić information content (AvgIpc) is 1.86. The summed E-state index contributed by atoms with van der Waals surface area (Å²) < 4.78 is 45.7. The number of nitrogens with zero attached hydrogens (tertiary/aromatic N) is 4. The minimum Gasteiger partial charge on any atom is -0.504 e. The number of carbonyl (C=O) groups excluding carboxylic acids is 5. The zero-order valence-corrected chi connectivity index (χ0v) is 51.8. The Morgan fingerprint density at radius 3 is 1.24 bits per heavy atom. The fourth-order valence-electron chi connectivity index (χ4n) is 8.32. The van der Waals surface area contributed by atoms with E-state index in [9.17, 15) is 54.2 Å². The number of anilines is 1. The van der Waals surface area contributed by atoms with Crippen LogP contribution in [0.3, 0.4) is 0 Å². The lowest BCUT2D eigenvalue weighted by Gasteiger charge is -2.09. The second-order valence-corrected chi connectivity index (χ2v) is 19.9. The summed E-state index contributed by atoms with van der Waals surface area (Å²) >= 11 is 0. The van der Waals surface area contributed by atoms with E-state index >= 15 is 0 Å². The molecule has 0 radical (unpaired) electrons. The Morgan fingerprint density at radius 1 is 0.489 bits per heavy atom. The van der Waals surface area contributed by atoms with Crippen molar-refractivity contribution in [2.24, 2.45) is 0 Å². The predicted octanol–water partition coefficient (Wildman–Crippen LogP) is 10.6. The number of nitro groups is 1. The van der Waals surface area contributed by atoms with Crippen LogP contribution < -0.4 is 34.2 Å². The first kappa shape index (κ1) is 71.4. The summed E-state index contributed by atoms with van der Waals surface area (Å²) in [6, 6.07) is 21.3. The van der Waals surface area contributed by atoms with Gasteiger partial charge in [0.1, 0.15) is 45.5 Å². The number of nitrogens with two attached hydrogens (primary N) is 1. The van der Waals surface area contributed by atoms with Gasteiger partial charge in [0.05, 0.1) is 59.2 Å². The molecule has 6 aromatic carbocycles. The van der Waals surface area contributed by atoms with Gasteiger partial charge >= 0.3 is 11.7 Å². The molecule has 9 aromatic rings. The van der Waals surface area contributed by atoms with E-state index in [-0.39, 0.29) is 64.2 Å². The van der Waals surface area contributed by atoms with Crippen molar-refractivity contribution in [2.45, 2.75) is 86.0 Å². The third-order valence-electron chi connectivity index (χ3n) is 12.9. The monoisotopic (exact) mass is 1250 g/mol. The normalized spacial score (nSPS) is 10.9. The van der Waals surface area contributed by atoms with Gasteiger partial charge in [0, 0.05) is 37.7 Å². The second-order valence-electron chi connectivity index (χ2n) is 19.9. The second kappa shape index (κ2) is 33.7. The summed E-state index contributed by atoms with van der Waals surface area (Å²) in [5.74, 6) is 0.476. The standard InChI is InChI=1S/C12H13NO3.C11H11NO4.C11H11NO3.C10H11NO5.C10H13NO3.C10H12O3/c1-7(8(2)14)9-4-10-12(16-6-13-10)11(5-9)15-3;1-6(11(13)14)7-3-8-10(16-5-12-8)9(4-7)15-2;1-7(13)3-8-4-9-11(15-6-12-9)10(5-8)14-2;1-6(12)3-7-4-8(11(14)15)10(13)9(5-7)16-2;1-6(12)3-7-4-8(11)10(13)9(5-7)14-2;1-7(11)5-8-3-4-9(12)10(6-8)13-2/h4-7H,1-3H3;3-6H,1-2H3,(H,13,14);4-6H,3H2,1-2H3;4-5,13H,3H2,1-2H3;4-5,13H,3,11H2,1-2H3;3-4,6,12H,5H2,1-2H3. The number of oxazole rings is 3. The Hall–Kier alpha value is -11.1. The van der Waals surface area contributed by atoms with Crippen LogP contribution in [-0.4, -0.2) is 118 Å². The zero-order valence-electron chi connectivity index (χ0n) is 51.8. The molecule has 0 aliphatic heterocycles. The number of methoxy groups -OCH3 is 6. The average molecular weight is 1250 g/mol. The highest BCUT2D eigenvalue weighted by molar-refractivity contribution is 5.88. The molecule has 0 bridgehead atoms. The predicted molar refractivity (Wildman–Crippen MR) is 329 cm³/mol. The Kier molecular flexibility index (Phi) is 26.8. The summed E-state index contributed by atoms with van der Waals surface area (Å²) in [5, 5.41) is 47.7. The number of phenols is 3.